The molecule has 0 aliphatic rings. The van der Waals surface area contributed by atoms with Gasteiger partial charge < -0.3 is 0 Å². The van der Waals surface area contributed by atoms with Gasteiger partial charge in [-0.25, -0.2) is 21.8 Å². The van der Waals surface area contributed by atoms with Crippen molar-refractivity contribution < 1.29 is 16.8 Å². The highest BCUT2D eigenvalue weighted by atomic mass is 32.2. The van der Waals surface area contributed by atoms with E-state index in [2.05, 4.69) is 9.71 Å². The zero-order valence-electron chi connectivity index (χ0n) is 13.6. The minimum Gasteiger partial charge on any atom is -0.255 e. The van der Waals surface area contributed by atoms with Crippen molar-refractivity contribution in [2.24, 2.45) is 0 Å². The Morgan fingerprint density at radius 2 is 1.54 bits per heavy atom. The first-order chi connectivity index (χ1) is 12.4. The van der Waals surface area contributed by atoms with Gasteiger partial charge in [-0.3, -0.25) is 4.72 Å². The molecule has 0 saturated heterocycles. The second-order valence-electron chi connectivity index (χ2n) is 5.47. The van der Waals surface area contributed by atoms with E-state index in [1.54, 1.807) is 5.38 Å². The average Bonchev–Trinajstić information content (AvgIpc) is 3.13. The zero-order valence-corrected chi connectivity index (χ0v) is 16.0. The molecule has 0 fully saturated rings. The lowest BCUT2D eigenvalue weighted by Gasteiger charge is -2.08. The standard InChI is InChI=1S/C17H16N2O4S3/c20-25(21,13-10-14-4-2-1-3-5-14)15-6-8-16(9-7-15)26(22,23)19-17-18-11-12-24-17/h1-9,11-12H,10,13H2,(H,18,19). The maximum Gasteiger partial charge on any atom is 0.263 e. The van der Waals surface area contributed by atoms with Crippen molar-refractivity contribution in [1.82, 2.24) is 4.98 Å². The number of benzene rings is 2. The van der Waals surface area contributed by atoms with E-state index in [0.717, 1.165) is 16.9 Å². The summed E-state index contributed by atoms with van der Waals surface area (Å²) in [6.07, 6.45) is 1.89. The fourth-order valence-corrected chi connectivity index (χ4v) is 5.37. The average molecular weight is 409 g/mol. The Kier molecular flexibility index (Phi) is 5.40. The van der Waals surface area contributed by atoms with Gasteiger partial charge in [-0.15, -0.1) is 11.3 Å². The molecule has 0 amide bonds. The van der Waals surface area contributed by atoms with Crippen molar-refractivity contribution in [1.29, 1.82) is 0 Å². The molecule has 3 rings (SSSR count). The molecule has 0 radical (unpaired) electrons. The highest BCUT2D eigenvalue weighted by molar-refractivity contribution is 7.93. The van der Waals surface area contributed by atoms with E-state index in [4.69, 9.17) is 0 Å². The van der Waals surface area contributed by atoms with Crippen LogP contribution in [0.2, 0.25) is 0 Å². The zero-order chi connectivity index (χ0) is 18.6. The molecule has 0 spiro atoms. The van der Waals surface area contributed by atoms with Gasteiger partial charge in [-0.2, -0.15) is 0 Å². The summed E-state index contributed by atoms with van der Waals surface area (Å²) in [4.78, 5) is 3.95. The Morgan fingerprint density at radius 1 is 0.885 bits per heavy atom. The van der Waals surface area contributed by atoms with Crippen molar-refractivity contribution in [3.63, 3.8) is 0 Å². The smallest absolute Gasteiger partial charge is 0.255 e. The molecule has 3 aromatic rings. The molecule has 9 heteroatoms. The van der Waals surface area contributed by atoms with Crippen LogP contribution in [0, 0.1) is 0 Å². The van der Waals surface area contributed by atoms with Crippen molar-refractivity contribution in [2.45, 2.75) is 16.2 Å². The number of sulfonamides is 1. The van der Waals surface area contributed by atoms with Crippen LogP contribution in [0.5, 0.6) is 0 Å². The molecule has 1 N–H and O–H groups in total. The number of hydrogen-bond acceptors (Lipinski definition) is 6. The van der Waals surface area contributed by atoms with E-state index in [0.29, 0.717) is 6.42 Å². The highest BCUT2D eigenvalue weighted by Crippen LogP contribution is 2.20. The number of rotatable bonds is 7. The Balaban J connectivity index is 1.74. The van der Waals surface area contributed by atoms with E-state index in [9.17, 15) is 16.8 Å². The first-order valence-electron chi connectivity index (χ1n) is 7.66. The van der Waals surface area contributed by atoms with Gasteiger partial charge in [-0.05, 0) is 36.2 Å². The summed E-state index contributed by atoms with van der Waals surface area (Å²) in [6, 6.07) is 14.5. The third-order valence-corrected chi connectivity index (χ3v) is 7.55. The van der Waals surface area contributed by atoms with E-state index in [1.165, 1.54) is 30.5 Å². The fraction of sp³-hybridized carbons (Fsp3) is 0.118. The Bertz CT molecular complexity index is 1060. The van der Waals surface area contributed by atoms with Crippen molar-refractivity contribution in [3.8, 4) is 0 Å². The molecular weight excluding hydrogens is 392 g/mol. The lowest BCUT2D eigenvalue weighted by Crippen LogP contribution is -2.13. The Labute approximate surface area is 156 Å². The molecule has 1 heterocycles. The number of nitrogens with zero attached hydrogens (tertiary/aromatic N) is 1. The summed E-state index contributed by atoms with van der Waals surface area (Å²) in [7, 11) is -7.29. The van der Waals surface area contributed by atoms with Crippen LogP contribution in [0.3, 0.4) is 0 Å². The third kappa shape index (κ3) is 4.48. The van der Waals surface area contributed by atoms with Gasteiger partial charge >= 0.3 is 0 Å². The molecule has 2 aromatic carbocycles. The summed E-state index contributed by atoms with van der Waals surface area (Å²) in [5, 5.41) is 1.91. The summed E-state index contributed by atoms with van der Waals surface area (Å²) >= 11 is 1.16. The molecule has 1 aromatic heterocycles. The minimum atomic E-state index is -3.80. The predicted molar refractivity (Wildman–Crippen MR) is 102 cm³/mol. The van der Waals surface area contributed by atoms with Crippen molar-refractivity contribution in [3.05, 3.63) is 71.7 Å². The van der Waals surface area contributed by atoms with Gasteiger partial charge in [0.1, 0.15) is 0 Å². The van der Waals surface area contributed by atoms with Gasteiger partial charge in [0.25, 0.3) is 10.0 Å². The second kappa shape index (κ2) is 7.56. The van der Waals surface area contributed by atoms with Gasteiger partial charge in [-0.1, -0.05) is 30.3 Å². The number of thiazole rings is 1. The molecular formula is C17H16N2O4S3. The summed E-state index contributed by atoms with van der Waals surface area (Å²) in [5.41, 5.74) is 0.933. The van der Waals surface area contributed by atoms with Crippen LogP contribution in [0.4, 0.5) is 5.13 Å². The quantitative estimate of drug-likeness (QED) is 0.649. The van der Waals surface area contributed by atoms with Gasteiger partial charge in [0.05, 0.1) is 15.5 Å². The van der Waals surface area contributed by atoms with Gasteiger partial charge in [0, 0.05) is 11.6 Å². The lowest BCUT2D eigenvalue weighted by atomic mass is 10.2. The summed E-state index contributed by atoms with van der Waals surface area (Å²) < 4.78 is 51.8. The second-order valence-corrected chi connectivity index (χ2v) is 10.2. The van der Waals surface area contributed by atoms with Crippen LogP contribution in [0.1, 0.15) is 5.56 Å². The molecule has 0 unspecified atom stereocenters. The molecule has 6 nitrogen and oxygen atoms in total. The summed E-state index contributed by atoms with van der Waals surface area (Å²) in [6.45, 7) is 0. The molecule has 0 atom stereocenters. The number of anilines is 1. The lowest BCUT2D eigenvalue weighted by molar-refractivity contribution is 0.593. The molecule has 0 aliphatic carbocycles. The van der Waals surface area contributed by atoms with Crippen molar-refractivity contribution in [2.75, 3.05) is 10.5 Å². The molecule has 0 saturated carbocycles. The molecule has 26 heavy (non-hydrogen) atoms. The number of sulfone groups is 1. The number of nitrogens with one attached hydrogen (secondary N) is 1. The maximum atomic E-state index is 12.4. The van der Waals surface area contributed by atoms with Crippen molar-refractivity contribution >= 4 is 36.3 Å². The fourth-order valence-electron chi connectivity index (χ4n) is 2.29. The van der Waals surface area contributed by atoms with Crippen LogP contribution in [0.15, 0.2) is 76.0 Å². The Hall–Kier alpha value is -2.23. The van der Waals surface area contributed by atoms with Gasteiger partial charge in [0.15, 0.2) is 15.0 Å². The van der Waals surface area contributed by atoms with E-state index in [-0.39, 0.29) is 20.7 Å². The van der Waals surface area contributed by atoms with Crippen LogP contribution in [-0.4, -0.2) is 27.6 Å². The highest BCUT2D eigenvalue weighted by Gasteiger charge is 2.19. The minimum absolute atomic E-state index is 0.0188. The van der Waals surface area contributed by atoms with E-state index < -0.39 is 19.9 Å². The first-order valence-corrected chi connectivity index (χ1v) is 11.7. The third-order valence-electron chi connectivity index (χ3n) is 3.65. The predicted octanol–water partition coefficient (Wildman–Crippen LogP) is 2.96. The normalized spacial score (nSPS) is 12.0. The number of aromatic nitrogens is 1. The number of hydrogen-bond donors (Lipinski definition) is 1. The van der Waals surface area contributed by atoms with Crippen LogP contribution in [-0.2, 0) is 26.3 Å². The van der Waals surface area contributed by atoms with Gasteiger partial charge in [0.2, 0.25) is 0 Å². The van der Waals surface area contributed by atoms with Crippen LogP contribution >= 0.6 is 11.3 Å². The SMILES string of the molecule is O=S(=O)(CCc1ccccc1)c1ccc(S(=O)(=O)Nc2nccs2)cc1. The largest absolute Gasteiger partial charge is 0.263 e. The van der Waals surface area contributed by atoms with Crippen LogP contribution < -0.4 is 4.72 Å². The monoisotopic (exact) mass is 408 g/mol. The summed E-state index contributed by atoms with van der Waals surface area (Å²) in [5.74, 6) is -0.0412. The van der Waals surface area contributed by atoms with E-state index >= 15 is 0 Å². The maximum absolute atomic E-state index is 12.4. The topological polar surface area (TPSA) is 93.2 Å². The first kappa shape index (κ1) is 18.6. The molecule has 136 valence electrons. The molecule has 0 aliphatic heterocycles. The number of aryl methyl sites for hydroxylation is 1. The van der Waals surface area contributed by atoms with E-state index in [1.807, 2.05) is 30.3 Å². The van der Waals surface area contributed by atoms with Crippen LogP contribution in [0.25, 0.3) is 0 Å². The molecule has 0 bridgehead atoms. The Morgan fingerprint density at radius 3 is 2.15 bits per heavy atom.